The molecule has 34 atom stereocenters. The number of aliphatic hydroxyl groups excluding tert-OH is 16. The normalized spacial score (nSPS) is 43.9. The third-order valence-electron chi connectivity index (χ3n) is 15.9. The molecule has 1 aliphatic carbocycles. The highest BCUT2D eigenvalue weighted by atomic mass is 32.1. The van der Waals surface area contributed by atoms with Gasteiger partial charge in [-0.05, 0) is 18.6 Å². The van der Waals surface area contributed by atoms with E-state index >= 15 is 0 Å². The zero-order chi connectivity index (χ0) is 70.6. The number of nitrogens with two attached hydrogens (primary N) is 3. The van der Waals surface area contributed by atoms with Gasteiger partial charge in [-0.1, -0.05) is 12.8 Å². The number of carbonyl (C=O) groups is 1. The maximum absolute atomic E-state index is 13.7. The summed E-state index contributed by atoms with van der Waals surface area (Å²) in [6.45, 7) is -6.88. The van der Waals surface area contributed by atoms with Gasteiger partial charge in [-0.2, -0.15) is 12.6 Å². The largest absolute Gasteiger partial charge is 0.472 e. The van der Waals surface area contributed by atoms with E-state index in [-0.39, 0.29) is 19.6 Å². The number of thiol groups is 1. The van der Waals surface area contributed by atoms with E-state index in [0.717, 1.165) is 13.3 Å². The predicted molar refractivity (Wildman–Crippen MR) is 307 cm³/mol. The summed E-state index contributed by atoms with van der Waals surface area (Å²) in [6, 6.07) is -3.86. The lowest BCUT2D eigenvalue weighted by Crippen LogP contribution is -2.70. The Hall–Kier alpha value is -1.01. The minimum Gasteiger partial charge on any atom is -0.394 e. The van der Waals surface area contributed by atoms with E-state index in [9.17, 15) is 115 Å². The molecule has 6 rings (SSSR count). The number of amides is 1. The topological polar surface area (TPSA) is 690 Å². The van der Waals surface area contributed by atoms with Gasteiger partial charge in [0.2, 0.25) is 5.91 Å². The van der Waals surface area contributed by atoms with Crippen molar-refractivity contribution in [2.75, 3.05) is 71.7 Å². The number of hydrogen-bond donors (Lipinski definition) is 24. The number of rotatable bonds is 35. The molecule has 0 aromatic rings. The van der Waals surface area contributed by atoms with Crippen LogP contribution in [0.4, 0.5) is 0 Å². The molecule has 5 saturated heterocycles. The predicted octanol–water partition coefficient (Wildman–Crippen LogP) is -11.8. The second kappa shape index (κ2) is 37.4. The average molecular weight is 1470 g/mol. The number of unbranched alkanes of at least 4 members (excludes halogenated alkanes) is 3. The van der Waals surface area contributed by atoms with Crippen LogP contribution in [-0.4, -0.2) is 364 Å². The number of carbonyl (C=O) groups excluding carboxylic acids is 1. The first-order chi connectivity index (χ1) is 44.7. The maximum Gasteiger partial charge on any atom is 0.472 e. The van der Waals surface area contributed by atoms with Gasteiger partial charge in [0, 0.05) is 20.0 Å². The van der Waals surface area contributed by atoms with Crippen LogP contribution < -0.4 is 22.5 Å². The highest BCUT2D eigenvalue weighted by Crippen LogP contribution is 2.50. The van der Waals surface area contributed by atoms with Gasteiger partial charge in [-0.3, -0.25) is 31.9 Å². The van der Waals surface area contributed by atoms with E-state index in [2.05, 4.69) is 22.5 Å². The molecule has 1 amide bonds. The molecule has 558 valence electrons. The van der Waals surface area contributed by atoms with Crippen molar-refractivity contribution >= 4 is 42.0 Å². The van der Waals surface area contributed by atoms with Crippen molar-refractivity contribution < 1.29 is 189 Å². The van der Waals surface area contributed by atoms with E-state index in [0.29, 0.717) is 18.6 Å². The Morgan fingerprint density at radius 1 is 0.432 bits per heavy atom. The highest BCUT2D eigenvalue weighted by molar-refractivity contribution is 7.80. The van der Waals surface area contributed by atoms with Gasteiger partial charge in [0.05, 0.1) is 58.9 Å². The molecule has 6 aliphatic rings. The summed E-state index contributed by atoms with van der Waals surface area (Å²) >= 11 is 4.12. The molecular weight excluding hydrogens is 1380 g/mol. The number of aliphatic hydroxyl groups is 16. The van der Waals surface area contributed by atoms with Crippen LogP contribution in [0.1, 0.15) is 32.6 Å². The molecule has 95 heavy (non-hydrogen) atoms. The fraction of sp³-hybridized carbons (Fsp3) is 0.979. The summed E-state index contributed by atoms with van der Waals surface area (Å²) in [4.78, 5) is 44.4. The minimum absolute atomic E-state index is 0.234. The molecule has 0 aromatic heterocycles. The quantitative estimate of drug-likeness (QED) is 0.0159. The Kier molecular flexibility index (Phi) is 32.7. The molecule has 5 aliphatic heterocycles. The Bertz CT molecular complexity index is 2470. The van der Waals surface area contributed by atoms with Crippen LogP contribution in [0.5, 0.6) is 0 Å². The van der Waals surface area contributed by atoms with E-state index in [4.69, 9.17) is 87.2 Å². The van der Waals surface area contributed by atoms with Gasteiger partial charge < -0.3 is 166 Å². The van der Waals surface area contributed by atoms with E-state index in [1.54, 1.807) is 0 Å². The molecule has 0 aromatic carbocycles. The monoisotopic (exact) mass is 1470 g/mol. The van der Waals surface area contributed by atoms with Crippen LogP contribution in [0, 0.1) is 0 Å². The van der Waals surface area contributed by atoms with Gasteiger partial charge in [-0.25, -0.2) is 13.7 Å². The summed E-state index contributed by atoms with van der Waals surface area (Å²) in [5.74, 6) is -0.321. The molecule has 26 N–H and O–H groups in total. The summed E-state index contributed by atoms with van der Waals surface area (Å²) in [5, 5.41) is 179. The minimum atomic E-state index is -5.55. The maximum atomic E-state index is 13.7. The summed E-state index contributed by atoms with van der Waals surface area (Å²) in [6.07, 6.45) is -61.1. The third-order valence-corrected chi connectivity index (χ3v) is 19.2. The van der Waals surface area contributed by atoms with Crippen molar-refractivity contribution in [2.24, 2.45) is 17.2 Å². The van der Waals surface area contributed by atoms with Crippen LogP contribution in [-0.2, 0) is 93.0 Å². The SMILES string of the molecule is CC(=O)N[C@H]1C(O)[C@@H](O)C(CO)O[C@H]1O[C@@H]1C(CO[C@H]2OC(CO)[C@@H](O)C(O)C2O[C@H]2OC(COP(=O)(O)OCCN)[C@@H](O)C(O)[C@H]2O)O[C@H](O[C@@H]2C(CO)O[C@H](O[C@@H]3C(O)C(O)[C@@H](O)[C@H](O)C3OP(=O)(O)OCCCCCCS)C(N)C2O)C(OP(=O)(O)OCCN)C1O. The second-order valence-electron chi connectivity index (χ2n) is 22.7. The van der Waals surface area contributed by atoms with E-state index in [1.165, 1.54) is 0 Å². The number of nitrogens with one attached hydrogen (secondary N) is 1. The Labute approximate surface area is 546 Å². The summed E-state index contributed by atoms with van der Waals surface area (Å²) < 4.78 is 129. The molecule has 43 nitrogen and oxygen atoms in total. The standard InChI is InChI=1S/C48H91N4O39P3S/c1-17(56)52-24-29(61)25(57)18(12-53)81-45(24)86-39-22(15-76-47-42(33(65)26(58)19(13-54)82-47)89-46-36(68)30(62)27(59)21(84-46)16-80-92(70,71)78-9-6-49)85-48(43(37(39)69)91-94(74,75)79-10-7-50)87-38-20(14-55)83-44(23(51)28(38)60)88-40-34(66)31(63)32(64)35(67)41(40)90-93(72,73)77-8-4-2-3-5-11-95/h18-48,53-55,57-69,95H,2-16,49-51H2,1H3,(H,52,56)(H,70,71)(H,72,73)(H,74,75)/t18?,19?,20?,21?,22?,23?,24-,25-,26+,27+,28?,29?,30?,31?,32+,33?,34?,35-,36+,37?,38+,39+,40+,41?,42?,43?,44+,45-,46+,47-,48+/m0/s1. The van der Waals surface area contributed by atoms with Crippen molar-refractivity contribution in [3.8, 4) is 0 Å². The zero-order valence-corrected chi connectivity index (χ0v) is 54.3. The first-order valence-electron chi connectivity index (χ1n) is 29.9. The van der Waals surface area contributed by atoms with Gasteiger partial charge in [0.15, 0.2) is 31.5 Å². The first kappa shape index (κ1) is 82.9. The molecule has 47 heteroatoms. The molecule has 0 radical (unpaired) electrons. The van der Waals surface area contributed by atoms with Crippen molar-refractivity contribution in [1.29, 1.82) is 0 Å². The fourth-order valence-corrected chi connectivity index (χ4v) is 13.7. The van der Waals surface area contributed by atoms with Crippen molar-refractivity contribution in [2.45, 2.75) is 223 Å². The van der Waals surface area contributed by atoms with Crippen LogP contribution in [0.25, 0.3) is 0 Å². The highest BCUT2D eigenvalue weighted by Gasteiger charge is 2.60. The second-order valence-corrected chi connectivity index (χ2v) is 27.4. The lowest BCUT2D eigenvalue weighted by molar-refractivity contribution is -0.384. The summed E-state index contributed by atoms with van der Waals surface area (Å²) in [5.41, 5.74) is 17.3. The van der Waals surface area contributed by atoms with Crippen molar-refractivity contribution in [1.82, 2.24) is 5.32 Å². The number of ether oxygens (including phenoxy) is 10. The Morgan fingerprint density at radius 3 is 1.47 bits per heavy atom. The smallest absolute Gasteiger partial charge is 0.394 e. The fourth-order valence-electron chi connectivity index (χ4n) is 10.8. The number of hydrogen-bond acceptors (Lipinski definition) is 40. The van der Waals surface area contributed by atoms with Crippen LogP contribution >= 0.6 is 36.1 Å². The van der Waals surface area contributed by atoms with E-state index in [1.807, 2.05) is 0 Å². The van der Waals surface area contributed by atoms with Gasteiger partial charge in [-0.15, -0.1) is 0 Å². The summed E-state index contributed by atoms with van der Waals surface area (Å²) in [7, 11) is -15.7. The lowest BCUT2D eigenvalue weighted by Gasteiger charge is -2.50. The zero-order valence-electron chi connectivity index (χ0n) is 50.7. The first-order valence-corrected chi connectivity index (χ1v) is 35.0. The Morgan fingerprint density at radius 2 is 0.884 bits per heavy atom. The Balaban J connectivity index is 1.36. The lowest BCUT2D eigenvalue weighted by atomic mass is 9.84. The molecular formula is C48H91N4O39P3S. The molecule has 6 fully saturated rings. The average Bonchev–Trinajstić information content (AvgIpc) is 0.782. The molecule has 0 spiro atoms. The van der Waals surface area contributed by atoms with Gasteiger partial charge in [0.1, 0.15) is 153 Å². The third kappa shape index (κ3) is 21.6. The van der Waals surface area contributed by atoms with Crippen LogP contribution in [0.15, 0.2) is 0 Å². The van der Waals surface area contributed by atoms with Crippen molar-refractivity contribution in [3.63, 3.8) is 0 Å². The molecule has 5 heterocycles. The number of phosphoric acid groups is 3. The van der Waals surface area contributed by atoms with E-state index < -0.39 is 272 Å². The molecule has 19 unspecified atom stereocenters. The molecule has 1 saturated carbocycles. The van der Waals surface area contributed by atoms with Gasteiger partial charge >= 0.3 is 23.5 Å². The van der Waals surface area contributed by atoms with Gasteiger partial charge in [0.25, 0.3) is 0 Å². The molecule has 0 bridgehead atoms. The van der Waals surface area contributed by atoms with Crippen molar-refractivity contribution in [3.05, 3.63) is 0 Å². The van der Waals surface area contributed by atoms with Crippen LogP contribution in [0.3, 0.4) is 0 Å². The number of phosphoric ester groups is 3. The van der Waals surface area contributed by atoms with Crippen LogP contribution in [0.2, 0.25) is 0 Å².